The Hall–Kier alpha value is -3.57. The lowest BCUT2D eigenvalue weighted by Gasteiger charge is -2.11. The molecule has 0 aliphatic carbocycles. The Morgan fingerprint density at radius 2 is 1.62 bits per heavy atom. The van der Waals surface area contributed by atoms with E-state index in [9.17, 15) is 9.50 Å². The second-order valence-electron chi connectivity index (χ2n) is 6.69. The van der Waals surface area contributed by atoms with Crippen molar-refractivity contribution in [1.82, 2.24) is 14.8 Å². The summed E-state index contributed by atoms with van der Waals surface area (Å²) >= 11 is 0. The van der Waals surface area contributed by atoms with Gasteiger partial charge < -0.3 is 5.11 Å². The van der Waals surface area contributed by atoms with E-state index >= 15 is 0 Å². The molecule has 144 valence electrons. The van der Waals surface area contributed by atoms with Gasteiger partial charge in [-0.2, -0.15) is 5.10 Å². The fourth-order valence-electron chi connectivity index (χ4n) is 3.35. The Balaban J connectivity index is 1.83. The van der Waals surface area contributed by atoms with Crippen LogP contribution in [0.5, 0.6) is 0 Å². The van der Waals surface area contributed by atoms with Crippen LogP contribution in [-0.4, -0.2) is 19.9 Å². The highest BCUT2D eigenvalue weighted by Gasteiger charge is 2.23. The van der Waals surface area contributed by atoms with E-state index in [4.69, 9.17) is 0 Å². The largest absolute Gasteiger partial charge is 0.383 e. The van der Waals surface area contributed by atoms with Crippen LogP contribution >= 0.6 is 0 Å². The van der Waals surface area contributed by atoms with E-state index in [1.165, 1.54) is 12.1 Å². The predicted octanol–water partition coefficient (Wildman–Crippen LogP) is 5.04. The van der Waals surface area contributed by atoms with Gasteiger partial charge in [0.1, 0.15) is 17.6 Å². The number of nitrogens with zero attached hydrogens (tertiary/aromatic N) is 3. The number of hydrogen-bond acceptors (Lipinski definition) is 3. The van der Waals surface area contributed by atoms with Crippen molar-refractivity contribution in [2.75, 3.05) is 0 Å². The number of aliphatic hydroxyl groups is 1. The van der Waals surface area contributed by atoms with Gasteiger partial charge in [0, 0.05) is 30.6 Å². The van der Waals surface area contributed by atoms with Crippen molar-refractivity contribution in [3.8, 4) is 22.4 Å². The predicted molar refractivity (Wildman–Crippen MR) is 112 cm³/mol. The fraction of sp³-hybridized carbons (Fsp3) is 0.0833. The zero-order valence-corrected chi connectivity index (χ0v) is 15.9. The van der Waals surface area contributed by atoms with Crippen LogP contribution in [0.25, 0.3) is 28.5 Å². The third kappa shape index (κ3) is 4.00. The molecule has 1 unspecified atom stereocenters. The number of pyridine rings is 1. The normalized spacial score (nSPS) is 12.4. The maximum Gasteiger partial charge on any atom is 0.123 e. The van der Waals surface area contributed by atoms with Crippen LogP contribution in [-0.2, 0) is 7.05 Å². The molecule has 0 amide bonds. The summed E-state index contributed by atoms with van der Waals surface area (Å²) in [7, 11) is 1.80. The molecule has 1 N–H and O–H groups in total. The average molecular weight is 385 g/mol. The van der Waals surface area contributed by atoms with Gasteiger partial charge in [-0.05, 0) is 53.6 Å². The van der Waals surface area contributed by atoms with Crippen LogP contribution < -0.4 is 0 Å². The van der Waals surface area contributed by atoms with Gasteiger partial charge in [-0.15, -0.1) is 0 Å². The molecule has 5 heteroatoms. The summed E-state index contributed by atoms with van der Waals surface area (Å²) in [6.45, 7) is 0. The summed E-state index contributed by atoms with van der Waals surface area (Å²) in [5, 5.41) is 15.6. The molecule has 2 aromatic carbocycles. The minimum atomic E-state index is -0.870. The lowest BCUT2D eigenvalue weighted by Crippen LogP contribution is -2.04. The Labute approximate surface area is 168 Å². The van der Waals surface area contributed by atoms with E-state index in [-0.39, 0.29) is 5.82 Å². The molecule has 0 radical (unpaired) electrons. The minimum Gasteiger partial charge on any atom is -0.383 e. The van der Waals surface area contributed by atoms with Crippen molar-refractivity contribution in [2.45, 2.75) is 6.10 Å². The first kappa shape index (κ1) is 18.8. The zero-order valence-electron chi connectivity index (χ0n) is 15.9. The van der Waals surface area contributed by atoms with Gasteiger partial charge in [0.2, 0.25) is 0 Å². The number of aromatic nitrogens is 3. The van der Waals surface area contributed by atoms with Crippen LogP contribution in [0.2, 0.25) is 0 Å². The Morgan fingerprint density at radius 3 is 2.31 bits per heavy atom. The zero-order chi connectivity index (χ0) is 20.2. The molecular formula is C24H20FN3O. The average Bonchev–Trinajstić information content (AvgIpc) is 3.11. The summed E-state index contributed by atoms with van der Waals surface area (Å²) in [4.78, 5) is 4.09. The van der Waals surface area contributed by atoms with Crippen LogP contribution in [0.4, 0.5) is 4.39 Å². The van der Waals surface area contributed by atoms with Crippen molar-refractivity contribution in [2.24, 2.45) is 7.05 Å². The third-order valence-corrected chi connectivity index (χ3v) is 4.73. The lowest BCUT2D eigenvalue weighted by molar-refractivity contribution is 0.219. The van der Waals surface area contributed by atoms with Gasteiger partial charge in [-0.1, -0.05) is 36.4 Å². The summed E-state index contributed by atoms with van der Waals surface area (Å²) in [5.41, 5.74) is 4.79. The molecule has 2 heterocycles. The second kappa shape index (κ2) is 8.20. The van der Waals surface area contributed by atoms with Crippen LogP contribution in [0.1, 0.15) is 17.4 Å². The highest BCUT2D eigenvalue weighted by Crippen LogP contribution is 2.37. The molecular weight excluding hydrogens is 365 g/mol. The van der Waals surface area contributed by atoms with E-state index < -0.39 is 6.10 Å². The molecule has 0 bridgehead atoms. The molecule has 0 aliphatic heterocycles. The molecule has 0 saturated carbocycles. The molecule has 0 spiro atoms. The summed E-state index contributed by atoms with van der Waals surface area (Å²) < 4.78 is 15.1. The standard InChI is InChI=1S/C24H20FN3O/c1-28-24(21(29)12-7-17-5-3-2-4-6-17)22(18-13-15-26-16-14-18)23(27-28)19-8-10-20(25)11-9-19/h2-16,21,29H,1H3/b12-7+. The van der Waals surface area contributed by atoms with Crippen molar-refractivity contribution in [3.63, 3.8) is 0 Å². The Bertz CT molecular complexity index is 1120. The summed E-state index contributed by atoms with van der Waals surface area (Å²) in [5.74, 6) is -0.304. The van der Waals surface area contributed by atoms with Gasteiger partial charge in [0.25, 0.3) is 0 Å². The van der Waals surface area contributed by atoms with Crippen molar-refractivity contribution >= 4 is 6.08 Å². The Kier molecular flexibility index (Phi) is 5.31. The first-order chi connectivity index (χ1) is 14.1. The second-order valence-corrected chi connectivity index (χ2v) is 6.69. The topological polar surface area (TPSA) is 50.9 Å². The first-order valence-electron chi connectivity index (χ1n) is 9.28. The van der Waals surface area contributed by atoms with Crippen LogP contribution in [0.15, 0.2) is 85.2 Å². The molecule has 4 aromatic rings. The molecule has 0 saturated heterocycles. The molecule has 4 nitrogen and oxygen atoms in total. The first-order valence-corrected chi connectivity index (χ1v) is 9.28. The number of aryl methyl sites for hydroxylation is 1. The number of hydrogen-bond donors (Lipinski definition) is 1. The van der Waals surface area contributed by atoms with Gasteiger partial charge in [-0.3, -0.25) is 9.67 Å². The maximum absolute atomic E-state index is 13.4. The molecule has 4 rings (SSSR count). The van der Waals surface area contributed by atoms with Gasteiger partial charge in [0.05, 0.1) is 5.69 Å². The fourth-order valence-corrected chi connectivity index (χ4v) is 3.35. The molecule has 1 atom stereocenters. The van der Waals surface area contributed by atoms with Crippen LogP contribution in [0.3, 0.4) is 0 Å². The van der Waals surface area contributed by atoms with Crippen molar-refractivity contribution in [3.05, 3.63) is 102 Å². The summed E-state index contributed by atoms with van der Waals surface area (Å²) in [6.07, 6.45) is 6.15. The van der Waals surface area contributed by atoms with Crippen molar-refractivity contribution < 1.29 is 9.50 Å². The van der Waals surface area contributed by atoms with E-state index in [2.05, 4.69) is 10.1 Å². The Morgan fingerprint density at radius 1 is 0.931 bits per heavy atom. The third-order valence-electron chi connectivity index (χ3n) is 4.73. The van der Waals surface area contributed by atoms with Gasteiger partial charge >= 0.3 is 0 Å². The minimum absolute atomic E-state index is 0.304. The van der Waals surface area contributed by atoms with E-state index in [1.807, 2.05) is 48.5 Å². The summed E-state index contributed by atoms with van der Waals surface area (Å²) in [6, 6.07) is 19.7. The molecule has 29 heavy (non-hydrogen) atoms. The number of halogens is 1. The quantitative estimate of drug-likeness (QED) is 0.524. The SMILES string of the molecule is Cn1nc(-c2ccc(F)cc2)c(-c2ccncc2)c1C(O)/C=C/c1ccccc1. The molecule has 2 aromatic heterocycles. The van der Waals surface area contributed by atoms with E-state index in [0.717, 1.165) is 22.3 Å². The van der Waals surface area contributed by atoms with Gasteiger partial charge in [-0.25, -0.2) is 4.39 Å². The number of benzene rings is 2. The van der Waals surface area contributed by atoms with Gasteiger partial charge in [0.15, 0.2) is 0 Å². The van der Waals surface area contributed by atoms with E-state index in [1.54, 1.807) is 42.3 Å². The highest BCUT2D eigenvalue weighted by molar-refractivity contribution is 5.83. The van der Waals surface area contributed by atoms with Crippen LogP contribution in [0, 0.1) is 5.82 Å². The number of rotatable bonds is 5. The smallest absolute Gasteiger partial charge is 0.123 e. The van der Waals surface area contributed by atoms with Crippen molar-refractivity contribution in [1.29, 1.82) is 0 Å². The highest BCUT2D eigenvalue weighted by atomic mass is 19.1. The lowest BCUT2D eigenvalue weighted by atomic mass is 9.97. The molecule has 0 fully saturated rings. The number of aliphatic hydroxyl groups excluding tert-OH is 1. The maximum atomic E-state index is 13.4. The monoisotopic (exact) mass is 385 g/mol. The van der Waals surface area contributed by atoms with E-state index in [0.29, 0.717) is 11.4 Å². The molecule has 0 aliphatic rings.